The van der Waals surface area contributed by atoms with Crippen molar-refractivity contribution in [2.45, 2.75) is 25.9 Å². The van der Waals surface area contributed by atoms with Crippen LogP contribution < -0.4 is 0 Å². The minimum Gasteiger partial charge on any atom is -0.280 e. The van der Waals surface area contributed by atoms with E-state index in [4.69, 9.17) is 0 Å². The molecule has 0 radical (unpaired) electrons. The highest BCUT2D eigenvalue weighted by Crippen LogP contribution is 2.13. The molecule has 4 heteroatoms. The van der Waals surface area contributed by atoms with Crippen LogP contribution in [0.25, 0.3) is 0 Å². The van der Waals surface area contributed by atoms with Crippen molar-refractivity contribution in [2.24, 2.45) is 0 Å². The van der Waals surface area contributed by atoms with E-state index in [1.807, 2.05) is 24.3 Å². The molecule has 0 aromatic rings. The molecule has 118 valence electrons. The Morgan fingerprint density at radius 1 is 0.750 bits per heavy atom. The van der Waals surface area contributed by atoms with Gasteiger partial charge in [-0.3, -0.25) is 9.80 Å². The zero-order valence-corrected chi connectivity index (χ0v) is 14.3. The summed E-state index contributed by atoms with van der Waals surface area (Å²) in [6, 6.07) is 0. The maximum absolute atomic E-state index is 3.84. The van der Waals surface area contributed by atoms with E-state index in [1.54, 1.807) is 0 Å². The van der Waals surface area contributed by atoms with Crippen molar-refractivity contribution in [3.63, 3.8) is 0 Å². The quantitative estimate of drug-likeness (QED) is 0.390. The molecule has 0 saturated carbocycles. The van der Waals surface area contributed by atoms with E-state index < -0.39 is 0 Å². The lowest BCUT2D eigenvalue weighted by atomic mass is 10.2. The van der Waals surface area contributed by atoms with Gasteiger partial charge < -0.3 is 0 Å². The minimum atomic E-state index is 0. The second kappa shape index (κ2) is 16.5. The van der Waals surface area contributed by atoms with Crippen LogP contribution in [0.1, 0.15) is 19.8 Å². The first-order valence-corrected chi connectivity index (χ1v) is 6.66. The molecule has 0 aliphatic carbocycles. The van der Waals surface area contributed by atoms with Crippen molar-refractivity contribution < 1.29 is 0 Å². The number of halogens is 2. The zero-order chi connectivity index (χ0) is 13.8. The van der Waals surface area contributed by atoms with Crippen LogP contribution in [0.5, 0.6) is 0 Å². The van der Waals surface area contributed by atoms with Gasteiger partial charge in [-0.2, -0.15) is 0 Å². The number of nitrogens with zero attached hydrogens (tertiary/aromatic N) is 2. The van der Waals surface area contributed by atoms with Crippen molar-refractivity contribution in [1.29, 1.82) is 0 Å². The SMILES string of the molecule is C=CCN(CC=C)C(CCC)N(CC=C)CC=C.Cl.Cl. The molecule has 0 amide bonds. The van der Waals surface area contributed by atoms with E-state index in [2.05, 4.69) is 43.0 Å². The maximum atomic E-state index is 3.84. The highest BCUT2D eigenvalue weighted by Gasteiger charge is 2.21. The molecule has 0 spiro atoms. The second-order valence-electron chi connectivity index (χ2n) is 4.33. The summed E-state index contributed by atoms with van der Waals surface area (Å²) in [6.45, 7) is 21.1. The maximum Gasteiger partial charge on any atom is 0.0633 e. The van der Waals surface area contributed by atoms with Gasteiger partial charge in [0, 0.05) is 26.2 Å². The third-order valence-corrected chi connectivity index (χ3v) is 2.84. The molecule has 0 aliphatic heterocycles. The van der Waals surface area contributed by atoms with Crippen molar-refractivity contribution in [3.8, 4) is 0 Å². The Labute approximate surface area is 137 Å². The molecule has 0 heterocycles. The summed E-state index contributed by atoms with van der Waals surface area (Å²) in [7, 11) is 0. The van der Waals surface area contributed by atoms with Gasteiger partial charge in [-0.1, -0.05) is 37.6 Å². The van der Waals surface area contributed by atoms with Crippen LogP contribution >= 0.6 is 24.8 Å². The van der Waals surface area contributed by atoms with E-state index >= 15 is 0 Å². The van der Waals surface area contributed by atoms with Crippen LogP contribution in [0.3, 0.4) is 0 Å². The van der Waals surface area contributed by atoms with E-state index in [0.717, 1.165) is 39.0 Å². The van der Waals surface area contributed by atoms with Crippen molar-refractivity contribution in [2.75, 3.05) is 26.2 Å². The van der Waals surface area contributed by atoms with E-state index in [-0.39, 0.29) is 24.8 Å². The fraction of sp³-hybridized carbons (Fsp3) is 0.500. The predicted molar refractivity (Wildman–Crippen MR) is 97.1 cm³/mol. The molecule has 0 aromatic heterocycles. The molecule has 0 fully saturated rings. The third-order valence-electron chi connectivity index (χ3n) is 2.84. The normalized spacial score (nSPS) is 9.80. The molecule has 0 atom stereocenters. The van der Waals surface area contributed by atoms with Gasteiger partial charge in [0.1, 0.15) is 0 Å². The summed E-state index contributed by atoms with van der Waals surface area (Å²) in [5, 5.41) is 0. The van der Waals surface area contributed by atoms with Crippen LogP contribution in [0.4, 0.5) is 0 Å². The fourth-order valence-electron chi connectivity index (χ4n) is 2.15. The monoisotopic (exact) mass is 320 g/mol. The lowest BCUT2D eigenvalue weighted by Crippen LogP contribution is -2.48. The Morgan fingerprint density at radius 2 is 1.05 bits per heavy atom. The van der Waals surface area contributed by atoms with Crippen LogP contribution in [0.15, 0.2) is 50.6 Å². The predicted octanol–water partition coefficient (Wildman–Crippen LogP) is 4.30. The average molecular weight is 321 g/mol. The first-order chi connectivity index (χ1) is 8.74. The lowest BCUT2D eigenvalue weighted by Gasteiger charge is -2.38. The van der Waals surface area contributed by atoms with Crippen LogP contribution in [-0.2, 0) is 0 Å². The van der Waals surface area contributed by atoms with E-state index in [1.165, 1.54) is 0 Å². The third kappa shape index (κ3) is 9.38. The molecule has 0 saturated heterocycles. The second-order valence-corrected chi connectivity index (χ2v) is 4.33. The van der Waals surface area contributed by atoms with Crippen LogP contribution in [0, 0.1) is 0 Å². The van der Waals surface area contributed by atoms with E-state index in [0.29, 0.717) is 6.17 Å². The Hall–Kier alpha value is -0.540. The molecule has 0 unspecified atom stereocenters. The molecular weight excluding hydrogens is 291 g/mol. The highest BCUT2D eigenvalue weighted by atomic mass is 35.5. The molecule has 0 aromatic carbocycles. The van der Waals surface area contributed by atoms with Gasteiger partial charge in [-0.15, -0.1) is 51.1 Å². The Morgan fingerprint density at radius 3 is 1.25 bits per heavy atom. The molecular formula is C16H30Cl2N2. The van der Waals surface area contributed by atoms with E-state index in [9.17, 15) is 0 Å². The zero-order valence-electron chi connectivity index (χ0n) is 12.7. The summed E-state index contributed by atoms with van der Waals surface area (Å²) in [5.74, 6) is 0. The standard InChI is InChI=1S/C16H28N2.2ClH/c1-6-11-16(17(12-7-2)13-8-3)18(14-9-4)15-10-5;;/h7-10,16H,2-6,11-15H2,1H3;2*1H. The van der Waals surface area contributed by atoms with Crippen LogP contribution in [-0.4, -0.2) is 42.1 Å². The van der Waals surface area contributed by atoms with Crippen LogP contribution in [0.2, 0.25) is 0 Å². The number of rotatable bonds is 12. The van der Waals surface area contributed by atoms with Crippen molar-refractivity contribution >= 4 is 24.8 Å². The van der Waals surface area contributed by atoms with Crippen molar-refractivity contribution in [3.05, 3.63) is 50.6 Å². The smallest absolute Gasteiger partial charge is 0.0633 e. The number of hydrogen-bond acceptors (Lipinski definition) is 2. The molecule has 0 aliphatic rings. The van der Waals surface area contributed by atoms with Gasteiger partial charge in [-0.05, 0) is 6.42 Å². The van der Waals surface area contributed by atoms with Crippen molar-refractivity contribution in [1.82, 2.24) is 9.80 Å². The highest BCUT2D eigenvalue weighted by molar-refractivity contribution is 5.85. The summed E-state index contributed by atoms with van der Waals surface area (Å²) >= 11 is 0. The van der Waals surface area contributed by atoms with Gasteiger partial charge >= 0.3 is 0 Å². The molecule has 0 bridgehead atoms. The Balaban J connectivity index is -0.00000144. The summed E-state index contributed by atoms with van der Waals surface area (Å²) < 4.78 is 0. The number of hydrogen-bond donors (Lipinski definition) is 0. The van der Waals surface area contributed by atoms with Gasteiger partial charge in [0.05, 0.1) is 6.17 Å². The minimum absolute atomic E-state index is 0. The first kappa shape index (κ1) is 24.5. The topological polar surface area (TPSA) is 6.48 Å². The molecule has 2 nitrogen and oxygen atoms in total. The largest absolute Gasteiger partial charge is 0.280 e. The molecule has 0 rings (SSSR count). The van der Waals surface area contributed by atoms with Gasteiger partial charge in [0.2, 0.25) is 0 Å². The first-order valence-electron chi connectivity index (χ1n) is 6.66. The Kier molecular flexibility index (Phi) is 20.2. The summed E-state index contributed by atoms with van der Waals surface area (Å²) in [5.41, 5.74) is 0. The fourth-order valence-corrected chi connectivity index (χ4v) is 2.15. The Bertz CT molecular complexity index is 223. The van der Waals surface area contributed by atoms with Gasteiger partial charge in [0.25, 0.3) is 0 Å². The molecule has 20 heavy (non-hydrogen) atoms. The molecule has 0 N–H and O–H groups in total. The van der Waals surface area contributed by atoms with Gasteiger partial charge in [-0.25, -0.2) is 0 Å². The average Bonchev–Trinajstić information content (AvgIpc) is 2.36. The summed E-state index contributed by atoms with van der Waals surface area (Å²) in [6.07, 6.45) is 10.5. The lowest BCUT2D eigenvalue weighted by molar-refractivity contribution is 0.0693. The summed E-state index contributed by atoms with van der Waals surface area (Å²) in [4.78, 5) is 4.77. The van der Waals surface area contributed by atoms with Gasteiger partial charge in [0.15, 0.2) is 0 Å².